The van der Waals surface area contributed by atoms with Crippen LogP contribution in [0.3, 0.4) is 0 Å². The molecule has 0 aliphatic carbocycles. The zero-order valence-electron chi connectivity index (χ0n) is 28.3. The summed E-state index contributed by atoms with van der Waals surface area (Å²) in [6.45, 7) is 3.95. The van der Waals surface area contributed by atoms with Crippen molar-refractivity contribution < 1.29 is 27.6 Å². The maximum Gasteiger partial charge on any atom is 0.418 e. The Morgan fingerprint density at radius 3 is 2.32 bits per heavy atom. The first kappa shape index (κ1) is 35.5. The van der Waals surface area contributed by atoms with Crippen LogP contribution in [0.2, 0.25) is 0 Å². The van der Waals surface area contributed by atoms with Crippen molar-refractivity contribution in [3.05, 3.63) is 44.7 Å². The Kier molecular flexibility index (Phi) is 10.1. The van der Waals surface area contributed by atoms with Crippen molar-refractivity contribution in [1.82, 2.24) is 24.5 Å². The van der Waals surface area contributed by atoms with Crippen LogP contribution in [0.25, 0.3) is 0 Å². The van der Waals surface area contributed by atoms with Crippen LogP contribution in [-0.4, -0.2) is 113 Å². The average molecular weight is 781 g/mol. The summed E-state index contributed by atoms with van der Waals surface area (Å²) in [6.07, 6.45) is 1.19. The summed E-state index contributed by atoms with van der Waals surface area (Å²) in [5, 5.41) is 5.79. The first-order valence-electron chi connectivity index (χ1n) is 17.7. The lowest BCUT2D eigenvalue weighted by molar-refractivity contribution is -0.143. The molecule has 4 fully saturated rings. The van der Waals surface area contributed by atoms with Crippen molar-refractivity contribution in [2.24, 2.45) is 5.92 Å². The molecule has 2 aromatic rings. The third-order valence-corrected chi connectivity index (χ3v) is 13.3. The van der Waals surface area contributed by atoms with Crippen LogP contribution in [0.1, 0.15) is 61.6 Å². The van der Waals surface area contributed by atoms with E-state index in [1.165, 1.54) is 30.2 Å². The number of halogens is 4. The maximum absolute atomic E-state index is 14.2. The number of hydrogen-bond acceptors (Lipinski definition) is 7. The van der Waals surface area contributed by atoms with Crippen molar-refractivity contribution in [1.29, 1.82) is 0 Å². The van der Waals surface area contributed by atoms with Gasteiger partial charge in [-0.1, -0.05) is 0 Å². The van der Waals surface area contributed by atoms with Crippen LogP contribution in [0.5, 0.6) is 0 Å². The molecule has 0 radical (unpaired) electrons. The predicted octanol–water partition coefficient (Wildman–Crippen LogP) is 5.47. The molecular formula is C35H45BrF3N7O3S. The Balaban J connectivity index is 1.02. The molecule has 15 heteroatoms. The number of nitrogens with one attached hydrogen (secondary N) is 1. The third-order valence-electron chi connectivity index (χ3n) is 11.8. The highest BCUT2D eigenvalue weighted by molar-refractivity contribution is 9.10. The largest absolute Gasteiger partial charge is 0.418 e. The van der Waals surface area contributed by atoms with Gasteiger partial charge in [-0.2, -0.15) is 13.2 Å². The van der Waals surface area contributed by atoms with Gasteiger partial charge in [0.2, 0.25) is 11.8 Å². The summed E-state index contributed by atoms with van der Waals surface area (Å²) in [6, 6.07) is 6.12. The van der Waals surface area contributed by atoms with Crippen LogP contribution in [0.4, 0.5) is 28.7 Å². The Bertz CT molecular complexity index is 1590. The van der Waals surface area contributed by atoms with Gasteiger partial charge in [0.05, 0.1) is 23.7 Å². The summed E-state index contributed by atoms with van der Waals surface area (Å²) >= 11 is 4.68. The van der Waals surface area contributed by atoms with Crippen molar-refractivity contribution in [3.63, 3.8) is 0 Å². The Hall–Kier alpha value is -2.88. The standard InChI is InChI=1S/C35H45BrF3N7O3S/c1-42-25-2-3-26(42)19-27(18-25)43-9-11-45(12-10-43)33(48)23(14-21-15-28(35(37,38)39)31(40)29(36)16-21)17-30(47)44-7-4-24(5-8-44)46-20-22-6-13-50-32(22)41-34(46)49/h6,13,15-16,23-27H,2-5,7-12,14,17-20,40H2,1H3,(H,41,49)/t23-,25?,26?,27?/m0/s1. The smallest absolute Gasteiger partial charge is 0.397 e. The number of likely N-dealkylation sites (tertiary alicyclic amines) is 1. The number of nitrogens with zero attached hydrogens (tertiary/aromatic N) is 5. The fourth-order valence-corrected chi connectivity index (χ4v) is 10.2. The molecule has 4 saturated heterocycles. The van der Waals surface area contributed by atoms with Crippen LogP contribution >= 0.6 is 27.3 Å². The van der Waals surface area contributed by atoms with Crippen LogP contribution in [0.15, 0.2) is 28.1 Å². The Labute approximate surface area is 303 Å². The second kappa shape index (κ2) is 14.3. The molecule has 2 unspecified atom stereocenters. The molecule has 1 aromatic heterocycles. The molecule has 0 spiro atoms. The van der Waals surface area contributed by atoms with Crippen molar-refractivity contribution in [3.8, 4) is 0 Å². The van der Waals surface area contributed by atoms with Gasteiger partial charge >= 0.3 is 12.2 Å². The fraction of sp³-hybridized carbons (Fsp3) is 0.629. The number of thiophene rings is 1. The molecule has 2 bridgehead atoms. The minimum Gasteiger partial charge on any atom is -0.397 e. The SMILES string of the molecule is CN1C2CCC1CC(N1CCN(C(=O)[C@H](CC(=O)N3CCC(N4Cc5ccsc5NC4=O)CC3)Cc3cc(Br)c(N)c(C(F)(F)F)c3)CC1)C2. The molecule has 272 valence electrons. The van der Waals surface area contributed by atoms with E-state index >= 15 is 0 Å². The van der Waals surface area contributed by atoms with Gasteiger partial charge in [0.25, 0.3) is 0 Å². The third kappa shape index (κ3) is 7.24. The highest BCUT2D eigenvalue weighted by atomic mass is 79.9. The van der Waals surface area contributed by atoms with Gasteiger partial charge < -0.3 is 25.3 Å². The number of rotatable bonds is 7. The quantitative estimate of drug-likeness (QED) is 0.362. The first-order chi connectivity index (χ1) is 23.9. The molecule has 0 saturated carbocycles. The molecule has 5 aliphatic rings. The van der Waals surface area contributed by atoms with Gasteiger partial charge in [-0.25, -0.2) is 4.79 Å². The van der Waals surface area contributed by atoms with Crippen molar-refractivity contribution >= 4 is 55.8 Å². The number of carbonyl (C=O) groups is 3. The maximum atomic E-state index is 14.2. The molecule has 4 amide bonds. The number of alkyl halides is 3. The second-order valence-electron chi connectivity index (χ2n) is 14.6. The number of piperidine rings is 2. The normalized spacial score (nSPS) is 25.8. The number of nitrogens with two attached hydrogens (primary N) is 1. The number of amides is 4. The fourth-order valence-electron chi connectivity index (χ4n) is 8.86. The van der Waals surface area contributed by atoms with E-state index in [9.17, 15) is 27.6 Å². The average Bonchev–Trinajstić information content (AvgIpc) is 3.61. The number of benzene rings is 1. The lowest BCUT2D eigenvalue weighted by Gasteiger charge is -2.45. The summed E-state index contributed by atoms with van der Waals surface area (Å²) in [5.41, 5.74) is 5.80. The van der Waals surface area contributed by atoms with E-state index in [1.807, 2.05) is 16.3 Å². The van der Waals surface area contributed by atoms with Crippen LogP contribution < -0.4 is 11.1 Å². The first-order valence-corrected chi connectivity index (χ1v) is 19.3. The van der Waals surface area contributed by atoms with E-state index in [0.717, 1.165) is 42.6 Å². The lowest BCUT2D eigenvalue weighted by Crippen LogP contribution is -2.56. The number of carbonyl (C=O) groups excluding carboxylic acids is 3. The Morgan fingerprint density at radius 2 is 1.66 bits per heavy atom. The number of piperazine rings is 1. The van der Waals surface area contributed by atoms with Gasteiger partial charge in [-0.15, -0.1) is 11.3 Å². The van der Waals surface area contributed by atoms with Gasteiger partial charge in [0.1, 0.15) is 5.00 Å². The number of fused-ring (bicyclic) bond motifs is 3. The highest BCUT2D eigenvalue weighted by Crippen LogP contribution is 2.40. The molecule has 7 rings (SSSR count). The van der Waals surface area contributed by atoms with E-state index < -0.39 is 23.3 Å². The number of nitrogen functional groups attached to an aromatic ring is 1. The molecule has 1 aromatic carbocycles. The monoisotopic (exact) mass is 779 g/mol. The summed E-state index contributed by atoms with van der Waals surface area (Å²) < 4.78 is 41.8. The number of urea groups is 1. The van der Waals surface area contributed by atoms with Gasteiger partial charge in [0.15, 0.2) is 0 Å². The molecule has 6 heterocycles. The highest BCUT2D eigenvalue weighted by Gasteiger charge is 2.42. The minimum absolute atomic E-state index is 0.0154. The van der Waals surface area contributed by atoms with Crippen molar-refractivity contribution in [2.75, 3.05) is 57.4 Å². The van der Waals surface area contributed by atoms with Gasteiger partial charge in [-0.05, 0) is 97.1 Å². The molecule has 5 aliphatic heterocycles. The number of hydrogen-bond donors (Lipinski definition) is 2. The van der Waals surface area contributed by atoms with E-state index in [2.05, 4.69) is 38.1 Å². The lowest BCUT2D eigenvalue weighted by atomic mass is 9.91. The molecule has 3 atom stereocenters. The van der Waals surface area contributed by atoms with E-state index in [4.69, 9.17) is 5.73 Å². The topological polar surface area (TPSA) is 105 Å². The summed E-state index contributed by atoms with van der Waals surface area (Å²) in [5.74, 6) is -1.22. The molecule has 50 heavy (non-hydrogen) atoms. The predicted molar refractivity (Wildman–Crippen MR) is 190 cm³/mol. The van der Waals surface area contributed by atoms with E-state index in [0.29, 0.717) is 69.3 Å². The molecule has 3 N–H and O–H groups in total. The zero-order chi connectivity index (χ0) is 35.3. The van der Waals surface area contributed by atoms with E-state index in [-0.39, 0.29) is 41.2 Å². The zero-order valence-corrected chi connectivity index (χ0v) is 30.7. The Morgan fingerprint density at radius 1 is 0.980 bits per heavy atom. The second-order valence-corrected chi connectivity index (χ2v) is 16.4. The number of anilines is 2. The van der Waals surface area contributed by atoms with Crippen molar-refractivity contribution in [2.45, 2.75) is 88.3 Å². The van der Waals surface area contributed by atoms with Gasteiger partial charge in [-0.3, -0.25) is 19.8 Å². The van der Waals surface area contributed by atoms with Gasteiger partial charge in [0, 0.05) is 79.9 Å². The summed E-state index contributed by atoms with van der Waals surface area (Å²) in [4.78, 5) is 51.2. The van der Waals surface area contributed by atoms with E-state index in [1.54, 1.807) is 9.80 Å². The molecular weight excluding hydrogens is 735 g/mol. The van der Waals surface area contributed by atoms with Crippen LogP contribution in [-0.2, 0) is 28.7 Å². The van der Waals surface area contributed by atoms with Crippen LogP contribution in [0, 0.1) is 5.92 Å². The minimum atomic E-state index is -4.66. The molecule has 10 nitrogen and oxygen atoms in total. The summed E-state index contributed by atoms with van der Waals surface area (Å²) in [7, 11) is 2.22.